The predicted octanol–water partition coefficient (Wildman–Crippen LogP) is 1.62. The summed E-state index contributed by atoms with van der Waals surface area (Å²) in [5, 5.41) is 9.55. The number of ketones is 1. The van der Waals surface area contributed by atoms with Crippen LogP contribution in [0.15, 0.2) is 30.3 Å². The molecule has 2 nitrogen and oxygen atoms in total. The maximum atomic E-state index is 11.0. The molecule has 0 spiro atoms. The Hall–Kier alpha value is -1.59. The molecule has 0 amide bonds. The first-order valence-electron chi connectivity index (χ1n) is 4.86. The van der Waals surface area contributed by atoms with E-state index in [4.69, 9.17) is 0 Å². The Morgan fingerprint density at radius 3 is 2.47 bits per heavy atom. The lowest BCUT2D eigenvalue weighted by Crippen LogP contribution is -2.21. The normalized spacial score (nSPS) is 13.5. The minimum atomic E-state index is -0.886. The molecule has 0 unspecified atom stereocenters. The van der Waals surface area contributed by atoms with E-state index in [0.717, 1.165) is 5.56 Å². The molecule has 0 aliphatic carbocycles. The number of Topliss-reactive ketones (excluding diaryl/α,β-unsaturated/α-hetero) is 1. The van der Waals surface area contributed by atoms with Crippen LogP contribution in [0.2, 0.25) is 0 Å². The van der Waals surface area contributed by atoms with Crippen molar-refractivity contribution in [3.63, 3.8) is 0 Å². The van der Waals surface area contributed by atoms with E-state index in [0.29, 0.717) is 0 Å². The molecular weight excluding hydrogens is 188 g/mol. The highest BCUT2D eigenvalue weighted by atomic mass is 16.3. The van der Waals surface area contributed by atoms with E-state index in [-0.39, 0.29) is 5.78 Å². The summed E-state index contributed by atoms with van der Waals surface area (Å²) in [6, 6.07) is 9.38. The van der Waals surface area contributed by atoms with Gasteiger partial charge in [0, 0.05) is 5.56 Å². The molecule has 78 valence electrons. The van der Waals surface area contributed by atoms with Crippen LogP contribution in [-0.2, 0) is 4.79 Å². The smallest absolute Gasteiger partial charge is 0.136 e. The van der Waals surface area contributed by atoms with Crippen molar-refractivity contribution >= 4 is 5.78 Å². The number of rotatable bonds is 2. The van der Waals surface area contributed by atoms with E-state index < -0.39 is 12.0 Å². The van der Waals surface area contributed by atoms with Gasteiger partial charge < -0.3 is 5.11 Å². The highest BCUT2D eigenvalue weighted by Gasteiger charge is 2.15. The molecule has 0 aliphatic rings. The molecule has 2 heteroatoms. The van der Waals surface area contributed by atoms with Crippen molar-refractivity contribution in [2.45, 2.75) is 20.0 Å². The van der Waals surface area contributed by atoms with E-state index in [1.807, 2.05) is 30.3 Å². The maximum Gasteiger partial charge on any atom is 0.136 e. The number of benzene rings is 1. The van der Waals surface area contributed by atoms with Crippen molar-refractivity contribution < 1.29 is 9.90 Å². The molecule has 0 fully saturated rings. The van der Waals surface area contributed by atoms with Gasteiger partial charge in [-0.1, -0.05) is 37.0 Å². The first-order valence-corrected chi connectivity index (χ1v) is 4.86. The van der Waals surface area contributed by atoms with Gasteiger partial charge in [0.1, 0.15) is 11.9 Å². The SMILES string of the molecule is CC(=O)[C@@H](C)[C@H](O)C#Cc1ccccc1. The zero-order chi connectivity index (χ0) is 11.3. The van der Waals surface area contributed by atoms with Crippen LogP contribution in [0.4, 0.5) is 0 Å². The average molecular weight is 202 g/mol. The summed E-state index contributed by atoms with van der Waals surface area (Å²) < 4.78 is 0. The van der Waals surface area contributed by atoms with E-state index >= 15 is 0 Å². The van der Waals surface area contributed by atoms with Crippen LogP contribution in [0.5, 0.6) is 0 Å². The quantitative estimate of drug-likeness (QED) is 0.740. The Morgan fingerprint density at radius 2 is 1.93 bits per heavy atom. The number of hydrogen-bond donors (Lipinski definition) is 1. The van der Waals surface area contributed by atoms with Crippen molar-refractivity contribution in [3.05, 3.63) is 35.9 Å². The van der Waals surface area contributed by atoms with Crippen LogP contribution >= 0.6 is 0 Å². The Labute approximate surface area is 89.9 Å². The van der Waals surface area contributed by atoms with Gasteiger partial charge in [0.25, 0.3) is 0 Å². The number of aliphatic hydroxyl groups excluding tert-OH is 1. The molecule has 1 rings (SSSR count). The molecule has 15 heavy (non-hydrogen) atoms. The Balaban J connectivity index is 2.70. The van der Waals surface area contributed by atoms with Gasteiger partial charge in [-0.05, 0) is 19.1 Å². The first-order chi connectivity index (χ1) is 7.11. The van der Waals surface area contributed by atoms with Crippen molar-refractivity contribution in [2.24, 2.45) is 5.92 Å². The molecule has 0 aromatic heterocycles. The first kappa shape index (κ1) is 11.5. The summed E-state index contributed by atoms with van der Waals surface area (Å²) in [4.78, 5) is 11.0. The van der Waals surface area contributed by atoms with Gasteiger partial charge >= 0.3 is 0 Å². The highest BCUT2D eigenvalue weighted by Crippen LogP contribution is 2.03. The fraction of sp³-hybridized carbons (Fsp3) is 0.308. The Bertz CT molecular complexity index is 384. The van der Waals surface area contributed by atoms with Crippen molar-refractivity contribution in [1.82, 2.24) is 0 Å². The van der Waals surface area contributed by atoms with Gasteiger partial charge in [-0.25, -0.2) is 0 Å². The lowest BCUT2D eigenvalue weighted by atomic mass is 10.0. The van der Waals surface area contributed by atoms with Gasteiger partial charge in [-0.3, -0.25) is 4.79 Å². The standard InChI is InChI=1S/C13H14O2/c1-10(11(2)14)13(15)9-8-12-6-4-3-5-7-12/h3-7,10,13,15H,1-2H3/t10-,13-/m1/s1. The topological polar surface area (TPSA) is 37.3 Å². The van der Waals surface area contributed by atoms with E-state index in [2.05, 4.69) is 11.8 Å². The molecule has 0 saturated carbocycles. The lowest BCUT2D eigenvalue weighted by molar-refractivity contribution is -0.122. The van der Waals surface area contributed by atoms with Crippen molar-refractivity contribution in [3.8, 4) is 11.8 Å². The molecule has 0 aliphatic heterocycles. The molecule has 2 atom stereocenters. The monoisotopic (exact) mass is 202 g/mol. The minimum absolute atomic E-state index is 0.0511. The summed E-state index contributed by atoms with van der Waals surface area (Å²) in [7, 11) is 0. The van der Waals surface area contributed by atoms with E-state index in [1.165, 1.54) is 6.92 Å². The zero-order valence-electron chi connectivity index (χ0n) is 8.90. The van der Waals surface area contributed by atoms with Gasteiger partial charge in [-0.2, -0.15) is 0 Å². The van der Waals surface area contributed by atoms with E-state index in [1.54, 1.807) is 6.92 Å². The van der Waals surface area contributed by atoms with Crippen molar-refractivity contribution in [2.75, 3.05) is 0 Å². The van der Waals surface area contributed by atoms with Crippen LogP contribution in [0, 0.1) is 17.8 Å². The predicted molar refractivity (Wildman–Crippen MR) is 59.2 cm³/mol. The van der Waals surface area contributed by atoms with E-state index in [9.17, 15) is 9.90 Å². The fourth-order valence-corrected chi connectivity index (χ4v) is 1.03. The van der Waals surface area contributed by atoms with Crippen LogP contribution in [-0.4, -0.2) is 17.0 Å². The molecule has 1 aromatic carbocycles. The van der Waals surface area contributed by atoms with Gasteiger partial charge in [-0.15, -0.1) is 0 Å². The third kappa shape index (κ3) is 3.57. The largest absolute Gasteiger partial charge is 0.380 e. The summed E-state index contributed by atoms with van der Waals surface area (Å²) >= 11 is 0. The average Bonchev–Trinajstić information content (AvgIpc) is 2.26. The van der Waals surface area contributed by atoms with Crippen LogP contribution < -0.4 is 0 Å². The second kappa shape index (κ2) is 5.33. The lowest BCUT2D eigenvalue weighted by Gasteiger charge is -2.08. The number of hydrogen-bond acceptors (Lipinski definition) is 2. The molecule has 0 radical (unpaired) electrons. The molecule has 1 aromatic rings. The third-order valence-electron chi connectivity index (χ3n) is 2.25. The maximum absolute atomic E-state index is 11.0. The molecule has 1 N–H and O–H groups in total. The summed E-state index contributed by atoms with van der Waals surface area (Å²) in [5.74, 6) is 5.01. The highest BCUT2D eigenvalue weighted by molar-refractivity contribution is 5.78. The van der Waals surface area contributed by atoms with Crippen LogP contribution in [0.1, 0.15) is 19.4 Å². The molecule has 0 saturated heterocycles. The Kier molecular flexibility index (Phi) is 4.08. The van der Waals surface area contributed by atoms with Gasteiger partial charge in [0.15, 0.2) is 0 Å². The zero-order valence-corrected chi connectivity index (χ0v) is 8.90. The summed E-state index contributed by atoms with van der Waals surface area (Å²) in [6.45, 7) is 3.13. The second-order valence-electron chi connectivity index (χ2n) is 3.48. The molecular formula is C13H14O2. The number of aliphatic hydroxyl groups is 1. The van der Waals surface area contributed by atoms with Gasteiger partial charge in [0.05, 0.1) is 5.92 Å². The summed E-state index contributed by atoms with van der Waals surface area (Å²) in [5.41, 5.74) is 0.840. The third-order valence-corrected chi connectivity index (χ3v) is 2.25. The Morgan fingerprint density at radius 1 is 1.33 bits per heavy atom. The van der Waals surface area contributed by atoms with Crippen LogP contribution in [0.25, 0.3) is 0 Å². The van der Waals surface area contributed by atoms with Gasteiger partial charge in [0.2, 0.25) is 0 Å². The molecule has 0 bridgehead atoms. The number of carbonyl (C=O) groups is 1. The molecule has 0 heterocycles. The van der Waals surface area contributed by atoms with Crippen molar-refractivity contribution in [1.29, 1.82) is 0 Å². The fourth-order valence-electron chi connectivity index (χ4n) is 1.03. The number of carbonyl (C=O) groups excluding carboxylic acids is 1. The second-order valence-corrected chi connectivity index (χ2v) is 3.48. The van der Waals surface area contributed by atoms with Crippen LogP contribution in [0.3, 0.4) is 0 Å². The minimum Gasteiger partial charge on any atom is -0.380 e. The summed E-state index contributed by atoms with van der Waals surface area (Å²) in [6.07, 6.45) is -0.886.